The summed E-state index contributed by atoms with van der Waals surface area (Å²) in [4.78, 5) is -0.0466. The maximum absolute atomic E-state index is 12.6. The van der Waals surface area contributed by atoms with Crippen molar-refractivity contribution in [3.63, 3.8) is 0 Å². The standard InChI is InChI=1S/C17H19ClN2O4S/c1-23-15-6-14(18)17(7-16(15)24-2)25(21,22)20-8-11-3-4-12-9-19-10-13(12)5-11/h3-7,19-20H,8-10H2,1-2H3. The van der Waals surface area contributed by atoms with Crippen LogP contribution >= 0.6 is 11.6 Å². The average Bonchev–Trinajstić information content (AvgIpc) is 3.07. The molecule has 0 radical (unpaired) electrons. The summed E-state index contributed by atoms with van der Waals surface area (Å²) in [5, 5.41) is 3.33. The van der Waals surface area contributed by atoms with Crippen LogP contribution in [0.5, 0.6) is 11.5 Å². The summed E-state index contributed by atoms with van der Waals surface area (Å²) in [6.07, 6.45) is 0. The van der Waals surface area contributed by atoms with E-state index in [2.05, 4.69) is 10.0 Å². The van der Waals surface area contributed by atoms with E-state index in [1.54, 1.807) is 0 Å². The Morgan fingerprint density at radius 1 is 1.08 bits per heavy atom. The molecule has 0 unspecified atom stereocenters. The van der Waals surface area contributed by atoms with E-state index >= 15 is 0 Å². The highest BCUT2D eigenvalue weighted by Crippen LogP contribution is 2.35. The van der Waals surface area contributed by atoms with Crippen LogP contribution in [0.2, 0.25) is 5.02 Å². The predicted molar refractivity (Wildman–Crippen MR) is 95.6 cm³/mol. The molecule has 6 nitrogen and oxygen atoms in total. The van der Waals surface area contributed by atoms with E-state index in [-0.39, 0.29) is 16.5 Å². The molecule has 25 heavy (non-hydrogen) atoms. The lowest BCUT2D eigenvalue weighted by Crippen LogP contribution is -2.23. The van der Waals surface area contributed by atoms with Gasteiger partial charge in [-0.1, -0.05) is 29.8 Å². The number of fused-ring (bicyclic) bond motifs is 1. The van der Waals surface area contributed by atoms with Crippen molar-refractivity contribution in [3.05, 3.63) is 52.0 Å². The van der Waals surface area contributed by atoms with Crippen LogP contribution in [0.3, 0.4) is 0 Å². The molecule has 0 bridgehead atoms. The minimum absolute atomic E-state index is 0.0466. The molecule has 2 aromatic rings. The monoisotopic (exact) mass is 382 g/mol. The predicted octanol–water partition coefficient (Wildman–Crippen LogP) is 2.44. The Morgan fingerprint density at radius 2 is 1.76 bits per heavy atom. The molecule has 0 aromatic heterocycles. The van der Waals surface area contributed by atoms with Crippen molar-refractivity contribution in [3.8, 4) is 11.5 Å². The van der Waals surface area contributed by atoms with Crippen LogP contribution in [0.1, 0.15) is 16.7 Å². The molecule has 2 aromatic carbocycles. The molecule has 0 spiro atoms. The quantitative estimate of drug-likeness (QED) is 0.802. The van der Waals surface area contributed by atoms with E-state index in [9.17, 15) is 8.42 Å². The number of ether oxygens (including phenoxy) is 2. The van der Waals surface area contributed by atoms with Crippen LogP contribution in [0.25, 0.3) is 0 Å². The topological polar surface area (TPSA) is 76.7 Å². The molecular formula is C17H19ClN2O4S. The molecule has 134 valence electrons. The highest BCUT2D eigenvalue weighted by Gasteiger charge is 2.21. The average molecular weight is 383 g/mol. The number of benzene rings is 2. The van der Waals surface area contributed by atoms with Gasteiger partial charge < -0.3 is 14.8 Å². The summed E-state index contributed by atoms with van der Waals surface area (Å²) in [5.74, 6) is 0.674. The third-order valence-corrected chi connectivity index (χ3v) is 5.96. The number of rotatable bonds is 6. The van der Waals surface area contributed by atoms with Crippen molar-refractivity contribution < 1.29 is 17.9 Å². The summed E-state index contributed by atoms with van der Waals surface area (Å²) in [7, 11) is -0.894. The highest BCUT2D eigenvalue weighted by molar-refractivity contribution is 7.89. The second kappa shape index (κ2) is 7.21. The fourth-order valence-corrected chi connectivity index (χ4v) is 4.30. The first kappa shape index (κ1) is 18.0. The number of hydrogen-bond donors (Lipinski definition) is 2. The van der Waals surface area contributed by atoms with Crippen molar-refractivity contribution in [1.29, 1.82) is 0 Å². The normalized spacial score (nSPS) is 13.6. The Hall–Kier alpha value is -1.80. The molecule has 1 aliphatic heterocycles. The molecule has 0 aliphatic carbocycles. The van der Waals surface area contributed by atoms with E-state index in [1.165, 1.54) is 37.5 Å². The fourth-order valence-electron chi connectivity index (χ4n) is 2.76. The smallest absolute Gasteiger partial charge is 0.242 e. The van der Waals surface area contributed by atoms with Crippen LogP contribution in [-0.2, 0) is 29.7 Å². The molecule has 8 heteroatoms. The van der Waals surface area contributed by atoms with Gasteiger partial charge in [0, 0.05) is 31.8 Å². The molecular weight excluding hydrogens is 364 g/mol. The van der Waals surface area contributed by atoms with Crippen molar-refractivity contribution >= 4 is 21.6 Å². The number of methoxy groups -OCH3 is 2. The number of nitrogens with one attached hydrogen (secondary N) is 2. The second-order valence-electron chi connectivity index (χ2n) is 5.67. The zero-order valence-corrected chi connectivity index (χ0v) is 15.5. The summed E-state index contributed by atoms with van der Waals surface area (Å²) in [6.45, 7) is 1.83. The first-order valence-electron chi connectivity index (χ1n) is 7.67. The van der Waals surface area contributed by atoms with Gasteiger partial charge in [-0.2, -0.15) is 0 Å². The van der Waals surface area contributed by atoms with Crippen molar-refractivity contribution in [2.24, 2.45) is 0 Å². The van der Waals surface area contributed by atoms with Crippen molar-refractivity contribution in [1.82, 2.24) is 10.0 Å². The van der Waals surface area contributed by atoms with Gasteiger partial charge >= 0.3 is 0 Å². The van der Waals surface area contributed by atoms with Crippen LogP contribution in [-0.4, -0.2) is 22.6 Å². The zero-order valence-electron chi connectivity index (χ0n) is 13.9. The maximum atomic E-state index is 12.6. The van der Waals surface area contributed by atoms with Gasteiger partial charge in [0.05, 0.1) is 19.2 Å². The molecule has 0 amide bonds. The molecule has 3 rings (SSSR count). The first-order chi connectivity index (χ1) is 11.9. The SMILES string of the molecule is COc1cc(Cl)c(S(=O)(=O)NCc2ccc3c(c2)CNC3)cc1OC. The molecule has 1 heterocycles. The maximum Gasteiger partial charge on any atom is 0.242 e. The number of halogens is 1. The Morgan fingerprint density at radius 3 is 2.48 bits per heavy atom. The largest absolute Gasteiger partial charge is 0.493 e. The second-order valence-corrected chi connectivity index (χ2v) is 7.81. The Balaban J connectivity index is 1.82. The van der Waals surface area contributed by atoms with E-state index in [0.29, 0.717) is 11.5 Å². The van der Waals surface area contributed by atoms with Crippen LogP contribution < -0.4 is 19.5 Å². The van der Waals surface area contributed by atoms with Crippen LogP contribution in [0.15, 0.2) is 35.2 Å². The Kier molecular flexibility index (Phi) is 5.19. The third kappa shape index (κ3) is 3.74. The minimum Gasteiger partial charge on any atom is -0.493 e. The van der Waals surface area contributed by atoms with Gasteiger partial charge in [-0.05, 0) is 16.7 Å². The molecule has 0 saturated carbocycles. The highest BCUT2D eigenvalue weighted by atomic mass is 35.5. The molecule has 0 saturated heterocycles. The van der Waals surface area contributed by atoms with E-state index in [4.69, 9.17) is 21.1 Å². The van der Waals surface area contributed by atoms with Gasteiger partial charge in [0.15, 0.2) is 11.5 Å². The molecule has 1 aliphatic rings. The van der Waals surface area contributed by atoms with Gasteiger partial charge in [-0.25, -0.2) is 13.1 Å². The van der Waals surface area contributed by atoms with Gasteiger partial charge in [0.2, 0.25) is 10.0 Å². The fraction of sp³-hybridized carbons (Fsp3) is 0.294. The molecule has 2 N–H and O–H groups in total. The lowest BCUT2D eigenvalue weighted by Gasteiger charge is -2.13. The van der Waals surface area contributed by atoms with Gasteiger partial charge in [0.1, 0.15) is 4.90 Å². The minimum atomic E-state index is -3.79. The summed E-state index contributed by atoms with van der Waals surface area (Å²) < 4.78 is 38.1. The van der Waals surface area contributed by atoms with E-state index in [1.807, 2.05) is 18.2 Å². The van der Waals surface area contributed by atoms with Crippen LogP contribution in [0, 0.1) is 0 Å². The van der Waals surface area contributed by atoms with E-state index < -0.39 is 10.0 Å². The number of sulfonamides is 1. The zero-order chi connectivity index (χ0) is 18.0. The molecule has 0 atom stereocenters. The lowest BCUT2D eigenvalue weighted by atomic mass is 10.1. The van der Waals surface area contributed by atoms with Crippen LogP contribution in [0.4, 0.5) is 0 Å². The van der Waals surface area contributed by atoms with Crippen molar-refractivity contribution in [2.45, 2.75) is 24.5 Å². The lowest BCUT2D eigenvalue weighted by molar-refractivity contribution is 0.354. The summed E-state index contributed by atoms with van der Waals surface area (Å²) >= 11 is 6.12. The van der Waals surface area contributed by atoms with Gasteiger partial charge in [0.25, 0.3) is 0 Å². The van der Waals surface area contributed by atoms with Gasteiger partial charge in [-0.15, -0.1) is 0 Å². The summed E-state index contributed by atoms with van der Waals surface area (Å²) in [6, 6.07) is 8.73. The molecule has 0 fully saturated rings. The van der Waals surface area contributed by atoms with Crippen molar-refractivity contribution in [2.75, 3.05) is 14.2 Å². The number of hydrogen-bond acceptors (Lipinski definition) is 5. The Bertz CT molecular complexity index is 900. The third-order valence-electron chi connectivity index (χ3n) is 4.10. The van der Waals surface area contributed by atoms with Gasteiger partial charge in [-0.3, -0.25) is 0 Å². The van der Waals surface area contributed by atoms with E-state index in [0.717, 1.165) is 18.7 Å². The first-order valence-corrected chi connectivity index (χ1v) is 9.53. The Labute approximate surface area is 152 Å². The summed E-state index contributed by atoms with van der Waals surface area (Å²) in [5.41, 5.74) is 3.33.